The van der Waals surface area contributed by atoms with Crippen LogP contribution in [0.2, 0.25) is 0 Å². The van der Waals surface area contributed by atoms with E-state index in [0.717, 1.165) is 7.11 Å². The first-order valence-electron chi connectivity index (χ1n) is 2.39. The molecule has 0 fully saturated rings. The van der Waals surface area contributed by atoms with E-state index in [0.29, 0.717) is 11.6 Å². The molecule has 0 atom stereocenters. The Morgan fingerprint density at radius 1 is 1.30 bits per heavy atom. The van der Waals surface area contributed by atoms with Gasteiger partial charge in [-0.15, -0.1) is 0 Å². The first kappa shape index (κ1) is 9.53. The van der Waals surface area contributed by atoms with E-state index >= 15 is 0 Å². The minimum absolute atomic E-state index is 0.0598. The van der Waals surface area contributed by atoms with Crippen LogP contribution in [0.5, 0.6) is 0 Å². The zero-order chi connectivity index (χ0) is 8.04. The summed E-state index contributed by atoms with van der Waals surface area (Å²) in [6, 6.07) is 0. The van der Waals surface area contributed by atoms with Crippen LogP contribution in [0.15, 0.2) is 24.3 Å². The minimum atomic E-state index is -3.31. The third-order valence-corrected chi connectivity index (χ3v) is 2.44. The Hall–Kier alpha value is -0.470. The standard InChI is InChI=1S/C5H7F2O2P/c1-9-10(8,4-2-6)5-3-7/h2-5H,1H3/b4-2+,5-3+. The fraction of sp³-hybridized carbons (Fsp3) is 0.200. The normalized spacial score (nSPS) is 13.5. The van der Waals surface area contributed by atoms with Gasteiger partial charge in [-0.2, -0.15) is 0 Å². The third kappa shape index (κ3) is 2.90. The van der Waals surface area contributed by atoms with E-state index < -0.39 is 7.37 Å². The van der Waals surface area contributed by atoms with Gasteiger partial charge in [0.25, 0.3) is 7.37 Å². The van der Waals surface area contributed by atoms with Crippen molar-refractivity contribution in [3.05, 3.63) is 24.3 Å². The van der Waals surface area contributed by atoms with Crippen LogP contribution in [-0.2, 0) is 9.09 Å². The van der Waals surface area contributed by atoms with Crippen LogP contribution < -0.4 is 0 Å². The molecule has 0 unspecified atom stereocenters. The molecule has 58 valence electrons. The van der Waals surface area contributed by atoms with Gasteiger partial charge in [0.05, 0.1) is 12.7 Å². The van der Waals surface area contributed by atoms with Crippen LogP contribution in [0.4, 0.5) is 8.78 Å². The molecular weight excluding hydrogens is 161 g/mol. The van der Waals surface area contributed by atoms with Crippen molar-refractivity contribution >= 4 is 7.37 Å². The lowest BCUT2D eigenvalue weighted by molar-refractivity contribution is 0.409. The predicted molar refractivity (Wildman–Crippen MR) is 35.1 cm³/mol. The fourth-order valence-corrected chi connectivity index (χ4v) is 0.985. The topological polar surface area (TPSA) is 26.3 Å². The highest BCUT2D eigenvalue weighted by Gasteiger charge is 2.11. The molecule has 0 aliphatic rings. The molecule has 2 nitrogen and oxygen atoms in total. The molecule has 0 amide bonds. The maximum Gasteiger partial charge on any atom is 0.251 e. The lowest BCUT2D eigenvalue weighted by atomic mass is 11.2. The summed E-state index contributed by atoms with van der Waals surface area (Å²) in [7, 11) is -2.20. The molecule has 0 spiro atoms. The van der Waals surface area contributed by atoms with Crippen molar-refractivity contribution in [1.82, 2.24) is 0 Å². The maximum absolute atomic E-state index is 11.4. The molecular formula is C5H7F2O2P. The number of rotatable bonds is 3. The molecule has 0 aliphatic carbocycles. The number of hydrogen-bond acceptors (Lipinski definition) is 2. The van der Waals surface area contributed by atoms with Crippen LogP contribution in [0, 0.1) is 0 Å². The highest BCUT2D eigenvalue weighted by Crippen LogP contribution is 2.49. The van der Waals surface area contributed by atoms with Crippen molar-refractivity contribution in [2.45, 2.75) is 0 Å². The van der Waals surface area contributed by atoms with Crippen LogP contribution in [0.3, 0.4) is 0 Å². The Morgan fingerprint density at radius 2 is 1.70 bits per heavy atom. The van der Waals surface area contributed by atoms with Crippen LogP contribution >= 0.6 is 7.37 Å². The van der Waals surface area contributed by atoms with Gasteiger partial charge in [-0.1, -0.05) is 0 Å². The summed E-state index contributed by atoms with van der Waals surface area (Å²) in [5.41, 5.74) is 0. The first-order chi connectivity index (χ1) is 4.68. The maximum atomic E-state index is 11.4. The SMILES string of the molecule is COP(=O)(/C=C/F)/C=C/F. The summed E-state index contributed by atoms with van der Waals surface area (Å²) >= 11 is 0. The summed E-state index contributed by atoms with van der Waals surface area (Å²) < 4.78 is 38.0. The smallest absolute Gasteiger partial charge is 0.251 e. The Labute approximate surface area is 57.6 Å². The van der Waals surface area contributed by atoms with Crippen molar-refractivity contribution in [1.29, 1.82) is 0 Å². The van der Waals surface area contributed by atoms with E-state index in [1.165, 1.54) is 0 Å². The summed E-state index contributed by atoms with van der Waals surface area (Å²) in [6.07, 6.45) is 0.120. The Morgan fingerprint density at radius 3 is 1.90 bits per heavy atom. The first-order valence-corrected chi connectivity index (χ1v) is 4.16. The van der Waals surface area contributed by atoms with E-state index in [1.54, 1.807) is 0 Å². The number of hydrogen-bond donors (Lipinski definition) is 0. The number of halogens is 2. The quantitative estimate of drug-likeness (QED) is 0.605. The molecule has 5 heteroatoms. The average molecular weight is 168 g/mol. The van der Waals surface area contributed by atoms with Crippen molar-refractivity contribution in [2.24, 2.45) is 0 Å². The Bertz CT molecular complexity index is 172. The van der Waals surface area contributed by atoms with Gasteiger partial charge in [-0.25, -0.2) is 8.78 Å². The van der Waals surface area contributed by atoms with Crippen molar-refractivity contribution in [3.63, 3.8) is 0 Å². The van der Waals surface area contributed by atoms with E-state index in [4.69, 9.17) is 0 Å². The van der Waals surface area contributed by atoms with E-state index in [1.807, 2.05) is 0 Å². The van der Waals surface area contributed by atoms with Gasteiger partial charge in [0.15, 0.2) is 0 Å². The minimum Gasteiger partial charge on any atom is -0.326 e. The Balaban J connectivity index is 4.39. The third-order valence-electron chi connectivity index (χ3n) is 0.814. The summed E-state index contributed by atoms with van der Waals surface area (Å²) in [4.78, 5) is 0. The molecule has 0 N–H and O–H groups in total. The average Bonchev–Trinajstić information content (AvgIpc) is 1.89. The second-order valence-corrected chi connectivity index (χ2v) is 3.63. The van der Waals surface area contributed by atoms with Gasteiger partial charge in [0, 0.05) is 18.7 Å². The summed E-state index contributed by atoms with van der Waals surface area (Å²) in [6.45, 7) is 0. The summed E-state index contributed by atoms with van der Waals surface area (Å²) in [5.74, 6) is 1.34. The van der Waals surface area contributed by atoms with Crippen molar-refractivity contribution < 1.29 is 17.9 Å². The van der Waals surface area contributed by atoms with Gasteiger partial charge in [0.2, 0.25) is 0 Å². The van der Waals surface area contributed by atoms with Crippen LogP contribution in [0.1, 0.15) is 0 Å². The monoisotopic (exact) mass is 168 g/mol. The molecule has 0 bridgehead atoms. The molecule has 0 rings (SSSR count). The zero-order valence-corrected chi connectivity index (χ0v) is 6.22. The van der Waals surface area contributed by atoms with Gasteiger partial charge in [-0.05, 0) is 0 Å². The molecule has 0 saturated carbocycles. The second kappa shape index (κ2) is 4.36. The molecule has 10 heavy (non-hydrogen) atoms. The van der Waals surface area contributed by atoms with Crippen LogP contribution in [0.25, 0.3) is 0 Å². The van der Waals surface area contributed by atoms with E-state index in [9.17, 15) is 13.3 Å². The molecule has 0 saturated heterocycles. The van der Waals surface area contributed by atoms with Gasteiger partial charge in [0.1, 0.15) is 0 Å². The van der Waals surface area contributed by atoms with Crippen LogP contribution in [-0.4, -0.2) is 7.11 Å². The van der Waals surface area contributed by atoms with Crippen molar-refractivity contribution in [2.75, 3.05) is 7.11 Å². The molecule has 0 heterocycles. The van der Waals surface area contributed by atoms with E-state index in [-0.39, 0.29) is 12.7 Å². The molecule has 0 aromatic rings. The second-order valence-electron chi connectivity index (χ2n) is 1.38. The van der Waals surface area contributed by atoms with Gasteiger partial charge >= 0.3 is 0 Å². The highest BCUT2D eigenvalue weighted by atomic mass is 31.2. The van der Waals surface area contributed by atoms with Gasteiger partial charge in [-0.3, -0.25) is 4.57 Å². The highest BCUT2D eigenvalue weighted by molar-refractivity contribution is 7.65. The molecule has 0 aromatic heterocycles. The fourth-order valence-electron chi connectivity index (χ4n) is 0.328. The zero-order valence-electron chi connectivity index (χ0n) is 5.33. The molecule has 0 aromatic carbocycles. The largest absolute Gasteiger partial charge is 0.326 e. The molecule has 0 aliphatic heterocycles. The summed E-state index contributed by atoms with van der Waals surface area (Å²) in [5, 5.41) is 0. The Kier molecular flexibility index (Phi) is 4.16. The van der Waals surface area contributed by atoms with E-state index in [2.05, 4.69) is 4.52 Å². The van der Waals surface area contributed by atoms with Crippen molar-refractivity contribution in [3.8, 4) is 0 Å². The predicted octanol–water partition coefficient (Wildman–Crippen LogP) is 2.79. The molecule has 0 radical (unpaired) electrons. The lowest BCUT2D eigenvalue weighted by Crippen LogP contribution is -1.73. The lowest BCUT2D eigenvalue weighted by Gasteiger charge is -2.02. The van der Waals surface area contributed by atoms with Gasteiger partial charge < -0.3 is 4.52 Å².